The number of amides is 1. The van der Waals surface area contributed by atoms with Crippen LogP contribution < -0.4 is 11.1 Å². The maximum absolute atomic E-state index is 11.8. The van der Waals surface area contributed by atoms with E-state index in [-0.39, 0.29) is 16.9 Å². The molecule has 1 aliphatic rings. The summed E-state index contributed by atoms with van der Waals surface area (Å²) >= 11 is 0. The lowest BCUT2D eigenvalue weighted by Crippen LogP contribution is -2.48. The molecule has 0 radical (unpaired) electrons. The minimum atomic E-state index is -0.284. The van der Waals surface area contributed by atoms with Crippen LogP contribution in [0.5, 0.6) is 0 Å². The molecule has 1 aromatic heterocycles. The molecule has 1 aliphatic carbocycles. The van der Waals surface area contributed by atoms with E-state index >= 15 is 0 Å². The van der Waals surface area contributed by atoms with E-state index in [1.54, 1.807) is 0 Å². The van der Waals surface area contributed by atoms with E-state index < -0.39 is 0 Å². The zero-order valence-corrected chi connectivity index (χ0v) is 11.3. The summed E-state index contributed by atoms with van der Waals surface area (Å²) in [5.74, 6) is 0.525. The Hall–Kier alpha value is -1.36. The lowest BCUT2D eigenvalue weighted by molar-refractivity contribution is -0.118. The van der Waals surface area contributed by atoms with Crippen molar-refractivity contribution in [3.63, 3.8) is 0 Å². The van der Waals surface area contributed by atoms with Crippen molar-refractivity contribution in [3.05, 3.63) is 11.8 Å². The third-order valence-electron chi connectivity index (χ3n) is 3.52. The summed E-state index contributed by atoms with van der Waals surface area (Å²) in [5, 5.41) is 9.84. The van der Waals surface area contributed by atoms with Crippen LogP contribution in [0.1, 0.15) is 52.1 Å². The van der Waals surface area contributed by atoms with Crippen LogP contribution in [0.25, 0.3) is 0 Å². The van der Waals surface area contributed by atoms with Gasteiger partial charge in [0.15, 0.2) is 5.82 Å². The molecule has 0 aliphatic heterocycles. The molecule has 4 N–H and O–H groups in total. The van der Waals surface area contributed by atoms with Gasteiger partial charge in [0, 0.05) is 29.1 Å². The van der Waals surface area contributed by atoms with Crippen molar-refractivity contribution in [1.29, 1.82) is 0 Å². The van der Waals surface area contributed by atoms with Gasteiger partial charge in [0.05, 0.1) is 0 Å². The summed E-state index contributed by atoms with van der Waals surface area (Å²) in [7, 11) is 0. The van der Waals surface area contributed by atoms with Crippen molar-refractivity contribution in [2.45, 2.75) is 57.4 Å². The molecule has 1 aromatic rings. The Morgan fingerprint density at radius 3 is 2.67 bits per heavy atom. The minimum Gasteiger partial charge on any atom is -0.325 e. The van der Waals surface area contributed by atoms with Gasteiger partial charge in [-0.2, -0.15) is 5.10 Å². The first-order valence-electron chi connectivity index (χ1n) is 6.43. The number of hydrogen-bond donors (Lipinski definition) is 3. The highest BCUT2D eigenvalue weighted by Gasteiger charge is 2.34. The molecule has 2 rings (SSSR count). The number of carbonyl (C=O) groups is 1. The molecule has 5 nitrogen and oxygen atoms in total. The van der Waals surface area contributed by atoms with E-state index in [1.807, 2.05) is 6.07 Å². The standard InChI is InChI=1S/C13H22N4O/c1-12(2,3)9-7-10(17-16-9)15-11(18)8-13(14)5-4-6-13/h7H,4-6,8,14H2,1-3H3,(H2,15,16,17,18). The lowest BCUT2D eigenvalue weighted by atomic mass is 9.75. The van der Waals surface area contributed by atoms with Gasteiger partial charge in [-0.05, 0) is 19.3 Å². The zero-order valence-electron chi connectivity index (χ0n) is 11.3. The second-order valence-corrected chi connectivity index (χ2v) is 6.36. The molecule has 1 heterocycles. The van der Waals surface area contributed by atoms with Crippen molar-refractivity contribution in [1.82, 2.24) is 10.2 Å². The van der Waals surface area contributed by atoms with Gasteiger partial charge in [0.25, 0.3) is 0 Å². The van der Waals surface area contributed by atoms with Gasteiger partial charge in [0.2, 0.25) is 5.91 Å². The predicted octanol–water partition coefficient (Wildman–Crippen LogP) is 1.92. The predicted molar refractivity (Wildman–Crippen MR) is 71.3 cm³/mol. The second-order valence-electron chi connectivity index (χ2n) is 6.36. The first-order valence-corrected chi connectivity index (χ1v) is 6.43. The van der Waals surface area contributed by atoms with Crippen LogP contribution in [-0.2, 0) is 10.2 Å². The van der Waals surface area contributed by atoms with E-state index in [0.29, 0.717) is 12.2 Å². The maximum Gasteiger partial charge on any atom is 0.227 e. The molecule has 18 heavy (non-hydrogen) atoms. The number of aromatic nitrogens is 2. The van der Waals surface area contributed by atoms with Gasteiger partial charge >= 0.3 is 0 Å². The molecule has 1 fully saturated rings. The molecule has 5 heteroatoms. The summed E-state index contributed by atoms with van der Waals surface area (Å²) in [5.41, 5.74) is 6.76. The molecule has 0 atom stereocenters. The van der Waals surface area contributed by atoms with Gasteiger partial charge in [-0.3, -0.25) is 9.89 Å². The SMILES string of the molecule is CC(C)(C)c1cc(NC(=O)CC2(N)CCC2)n[nH]1. The molecule has 100 valence electrons. The number of nitrogens with two attached hydrogens (primary N) is 1. The molecule has 0 saturated heterocycles. The fourth-order valence-electron chi connectivity index (χ4n) is 2.08. The van der Waals surface area contributed by atoms with Crippen molar-refractivity contribution in [2.24, 2.45) is 5.73 Å². The van der Waals surface area contributed by atoms with Crippen LogP contribution in [0.15, 0.2) is 6.07 Å². The quantitative estimate of drug-likeness (QED) is 0.766. The number of hydrogen-bond acceptors (Lipinski definition) is 3. The summed E-state index contributed by atoms with van der Waals surface area (Å²) in [6.07, 6.45) is 3.38. The highest BCUT2D eigenvalue weighted by atomic mass is 16.1. The van der Waals surface area contributed by atoms with Crippen LogP contribution in [0, 0.1) is 0 Å². The van der Waals surface area contributed by atoms with Gasteiger partial charge in [-0.1, -0.05) is 20.8 Å². The highest BCUT2D eigenvalue weighted by Crippen LogP contribution is 2.32. The Labute approximate surface area is 108 Å². The summed E-state index contributed by atoms with van der Waals surface area (Å²) in [4.78, 5) is 11.8. The average molecular weight is 250 g/mol. The van der Waals surface area contributed by atoms with Gasteiger partial charge in [-0.15, -0.1) is 0 Å². The Balaban J connectivity index is 1.93. The molecule has 1 amide bonds. The third kappa shape index (κ3) is 2.90. The van der Waals surface area contributed by atoms with Crippen LogP contribution in [0.3, 0.4) is 0 Å². The molecule has 0 bridgehead atoms. The van der Waals surface area contributed by atoms with Crippen molar-refractivity contribution >= 4 is 11.7 Å². The maximum atomic E-state index is 11.8. The summed E-state index contributed by atoms with van der Waals surface area (Å²) < 4.78 is 0. The number of aromatic amines is 1. The molecule has 0 spiro atoms. The molecular formula is C13H22N4O. The van der Waals surface area contributed by atoms with Crippen LogP contribution in [0.4, 0.5) is 5.82 Å². The lowest BCUT2D eigenvalue weighted by Gasteiger charge is -2.37. The monoisotopic (exact) mass is 250 g/mol. The van der Waals surface area contributed by atoms with Crippen molar-refractivity contribution in [2.75, 3.05) is 5.32 Å². The normalized spacial score (nSPS) is 18.2. The fourth-order valence-corrected chi connectivity index (χ4v) is 2.08. The zero-order chi connectivity index (χ0) is 13.4. The first-order chi connectivity index (χ1) is 8.28. The second kappa shape index (κ2) is 4.39. The van der Waals surface area contributed by atoms with Crippen molar-refractivity contribution in [3.8, 4) is 0 Å². The molecule has 0 aromatic carbocycles. The number of anilines is 1. The Morgan fingerprint density at radius 1 is 1.56 bits per heavy atom. The number of nitrogens with one attached hydrogen (secondary N) is 2. The van der Waals surface area contributed by atoms with E-state index in [4.69, 9.17) is 5.73 Å². The van der Waals surface area contributed by atoms with Crippen molar-refractivity contribution < 1.29 is 4.79 Å². The van der Waals surface area contributed by atoms with Crippen LogP contribution in [-0.4, -0.2) is 21.6 Å². The van der Waals surface area contributed by atoms with Gasteiger partial charge in [0.1, 0.15) is 0 Å². The van der Waals surface area contributed by atoms with Crippen LogP contribution >= 0.6 is 0 Å². The first kappa shape index (κ1) is 13.1. The van der Waals surface area contributed by atoms with Crippen LogP contribution in [0.2, 0.25) is 0 Å². The molecular weight excluding hydrogens is 228 g/mol. The minimum absolute atomic E-state index is 0.000952. The third-order valence-corrected chi connectivity index (χ3v) is 3.52. The molecule has 0 unspecified atom stereocenters. The summed E-state index contributed by atoms with van der Waals surface area (Å²) in [6, 6.07) is 1.88. The van der Waals surface area contributed by atoms with Gasteiger partial charge < -0.3 is 11.1 Å². The topological polar surface area (TPSA) is 83.8 Å². The Morgan fingerprint density at radius 2 is 2.22 bits per heavy atom. The fraction of sp³-hybridized carbons (Fsp3) is 0.692. The Bertz CT molecular complexity index is 440. The number of H-pyrrole nitrogens is 1. The largest absolute Gasteiger partial charge is 0.325 e. The van der Waals surface area contributed by atoms with E-state index in [9.17, 15) is 4.79 Å². The summed E-state index contributed by atoms with van der Waals surface area (Å²) in [6.45, 7) is 6.28. The van der Waals surface area contributed by atoms with Gasteiger partial charge in [-0.25, -0.2) is 0 Å². The Kier molecular flexibility index (Phi) is 3.19. The molecule has 1 saturated carbocycles. The number of carbonyl (C=O) groups excluding carboxylic acids is 1. The number of rotatable bonds is 3. The average Bonchev–Trinajstić information content (AvgIpc) is 2.63. The van der Waals surface area contributed by atoms with E-state index in [1.165, 1.54) is 0 Å². The smallest absolute Gasteiger partial charge is 0.227 e. The van der Waals surface area contributed by atoms with E-state index in [2.05, 4.69) is 36.3 Å². The number of nitrogens with zero attached hydrogens (tertiary/aromatic N) is 1. The highest BCUT2D eigenvalue weighted by molar-refractivity contribution is 5.90. The van der Waals surface area contributed by atoms with E-state index in [0.717, 1.165) is 25.0 Å².